The first-order valence-electron chi connectivity index (χ1n) is 9.75. The quantitative estimate of drug-likeness (QED) is 0.743. The Bertz CT molecular complexity index is 932. The first-order valence-corrected chi connectivity index (χ1v) is 9.75. The number of anilines is 1. The SMILES string of the molecule is COc1cccc(C[C@@]2(C(=O)O)CN(c3cccc(C(=O)N(C)C)n3)CC[C@H]2O)c1. The lowest BCUT2D eigenvalue weighted by atomic mass is 9.73. The molecule has 1 aromatic carbocycles. The average molecular weight is 413 g/mol. The number of carbonyl (C=O) groups excluding carboxylic acids is 1. The molecule has 1 amide bonds. The molecule has 0 bridgehead atoms. The number of amides is 1. The first-order chi connectivity index (χ1) is 14.3. The van der Waals surface area contributed by atoms with Gasteiger partial charge in [0, 0.05) is 27.2 Å². The number of methoxy groups -OCH3 is 1. The van der Waals surface area contributed by atoms with Gasteiger partial charge in [-0.05, 0) is 42.7 Å². The summed E-state index contributed by atoms with van der Waals surface area (Å²) >= 11 is 0. The van der Waals surface area contributed by atoms with Gasteiger partial charge in [0.25, 0.3) is 5.91 Å². The van der Waals surface area contributed by atoms with Crippen LogP contribution < -0.4 is 9.64 Å². The van der Waals surface area contributed by atoms with E-state index in [4.69, 9.17) is 4.74 Å². The second-order valence-corrected chi connectivity index (χ2v) is 7.80. The Labute approximate surface area is 175 Å². The molecule has 0 aliphatic carbocycles. The average Bonchev–Trinajstić information content (AvgIpc) is 2.74. The van der Waals surface area contributed by atoms with E-state index in [-0.39, 0.29) is 31.0 Å². The van der Waals surface area contributed by atoms with Gasteiger partial charge in [0.05, 0.1) is 13.2 Å². The lowest BCUT2D eigenvalue weighted by Crippen LogP contribution is -2.57. The van der Waals surface area contributed by atoms with Crippen molar-refractivity contribution in [3.05, 3.63) is 53.7 Å². The number of aromatic nitrogens is 1. The normalized spacial score (nSPS) is 21.2. The van der Waals surface area contributed by atoms with E-state index in [2.05, 4.69) is 4.98 Å². The van der Waals surface area contributed by atoms with Gasteiger partial charge in [-0.3, -0.25) is 9.59 Å². The van der Waals surface area contributed by atoms with E-state index in [0.717, 1.165) is 5.56 Å². The highest BCUT2D eigenvalue weighted by Crippen LogP contribution is 2.36. The zero-order chi connectivity index (χ0) is 21.9. The minimum Gasteiger partial charge on any atom is -0.497 e. The summed E-state index contributed by atoms with van der Waals surface area (Å²) in [6.45, 7) is 0.522. The minimum atomic E-state index is -1.41. The third kappa shape index (κ3) is 4.23. The van der Waals surface area contributed by atoms with Gasteiger partial charge >= 0.3 is 5.97 Å². The molecule has 1 aliphatic heterocycles. The van der Waals surface area contributed by atoms with E-state index in [1.54, 1.807) is 57.6 Å². The van der Waals surface area contributed by atoms with Crippen molar-refractivity contribution in [3.8, 4) is 5.75 Å². The summed E-state index contributed by atoms with van der Waals surface area (Å²) in [6, 6.07) is 12.3. The highest BCUT2D eigenvalue weighted by molar-refractivity contribution is 5.92. The molecule has 1 fully saturated rings. The topological polar surface area (TPSA) is 103 Å². The number of piperidine rings is 1. The molecule has 2 atom stereocenters. The highest BCUT2D eigenvalue weighted by Gasteiger charge is 2.49. The van der Waals surface area contributed by atoms with Crippen molar-refractivity contribution in [3.63, 3.8) is 0 Å². The summed E-state index contributed by atoms with van der Waals surface area (Å²) in [7, 11) is 4.85. The number of ether oxygens (including phenoxy) is 1. The first kappa shape index (κ1) is 21.6. The van der Waals surface area contributed by atoms with Crippen molar-refractivity contribution in [2.75, 3.05) is 39.2 Å². The molecule has 30 heavy (non-hydrogen) atoms. The van der Waals surface area contributed by atoms with Gasteiger partial charge in [-0.2, -0.15) is 0 Å². The van der Waals surface area contributed by atoms with E-state index in [9.17, 15) is 19.8 Å². The molecular weight excluding hydrogens is 386 g/mol. The molecular formula is C22H27N3O5. The number of carboxylic acids is 1. The molecule has 160 valence electrons. The summed E-state index contributed by atoms with van der Waals surface area (Å²) in [5, 5.41) is 20.9. The summed E-state index contributed by atoms with van der Waals surface area (Å²) < 4.78 is 5.24. The Hall–Kier alpha value is -3.13. The second-order valence-electron chi connectivity index (χ2n) is 7.80. The minimum absolute atomic E-state index is 0.0767. The molecule has 1 saturated heterocycles. The molecule has 3 rings (SSSR count). The van der Waals surface area contributed by atoms with Gasteiger partial charge in [0.15, 0.2) is 0 Å². The number of hydrogen-bond acceptors (Lipinski definition) is 6. The van der Waals surface area contributed by atoms with Gasteiger partial charge in [0.1, 0.15) is 22.7 Å². The van der Waals surface area contributed by atoms with E-state index >= 15 is 0 Å². The van der Waals surface area contributed by atoms with Gasteiger partial charge in [-0.1, -0.05) is 18.2 Å². The molecule has 1 aliphatic rings. The Morgan fingerprint density at radius 2 is 2.00 bits per heavy atom. The monoisotopic (exact) mass is 413 g/mol. The van der Waals surface area contributed by atoms with Crippen LogP contribution >= 0.6 is 0 Å². The molecule has 0 radical (unpaired) electrons. The largest absolute Gasteiger partial charge is 0.497 e. The van der Waals surface area contributed by atoms with Crippen LogP contribution in [0.2, 0.25) is 0 Å². The van der Waals surface area contributed by atoms with Crippen molar-refractivity contribution in [1.82, 2.24) is 9.88 Å². The third-order valence-electron chi connectivity index (χ3n) is 5.55. The molecule has 0 unspecified atom stereocenters. The number of aliphatic hydroxyl groups excluding tert-OH is 1. The molecule has 0 spiro atoms. The number of carboxylic acid groups (broad SMARTS) is 1. The molecule has 8 nitrogen and oxygen atoms in total. The van der Waals surface area contributed by atoms with E-state index in [1.807, 2.05) is 11.0 Å². The van der Waals surface area contributed by atoms with Crippen LogP contribution in [0.25, 0.3) is 0 Å². The van der Waals surface area contributed by atoms with Gasteiger partial charge in [0.2, 0.25) is 0 Å². The number of carbonyl (C=O) groups is 2. The number of hydrogen-bond donors (Lipinski definition) is 2. The van der Waals surface area contributed by atoms with Gasteiger partial charge in [-0.15, -0.1) is 0 Å². The number of nitrogens with zero attached hydrogens (tertiary/aromatic N) is 3. The third-order valence-corrected chi connectivity index (χ3v) is 5.55. The van der Waals surface area contributed by atoms with Crippen molar-refractivity contribution < 1.29 is 24.5 Å². The number of benzene rings is 1. The van der Waals surface area contributed by atoms with Gasteiger partial charge < -0.3 is 24.7 Å². The summed E-state index contributed by atoms with van der Waals surface area (Å²) in [5.74, 6) is -0.143. The zero-order valence-electron chi connectivity index (χ0n) is 17.4. The van der Waals surface area contributed by atoms with Crippen LogP contribution in [0.3, 0.4) is 0 Å². The molecule has 2 heterocycles. The molecule has 2 aromatic rings. The van der Waals surface area contributed by atoms with Crippen LogP contribution in [0, 0.1) is 5.41 Å². The maximum atomic E-state index is 12.4. The van der Waals surface area contributed by atoms with E-state index < -0.39 is 17.5 Å². The fourth-order valence-electron chi connectivity index (χ4n) is 3.83. The fraction of sp³-hybridized carbons (Fsp3) is 0.409. The number of aliphatic hydroxyl groups is 1. The predicted molar refractivity (Wildman–Crippen MR) is 112 cm³/mol. The number of aliphatic carboxylic acids is 1. The van der Waals surface area contributed by atoms with E-state index in [1.165, 1.54) is 4.90 Å². The van der Waals surface area contributed by atoms with Crippen LogP contribution in [0.5, 0.6) is 5.75 Å². The Morgan fingerprint density at radius 3 is 2.67 bits per heavy atom. The predicted octanol–water partition coefficient (Wildman–Crippen LogP) is 1.68. The zero-order valence-corrected chi connectivity index (χ0v) is 17.4. The van der Waals surface area contributed by atoms with Crippen LogP contribution in [0.15, 0.2) is 42.5 Å². The maximum Gasteiger partial charge on any atom is 0.314 e. The van der Waals surface area contributed by atoms with Crippen molar-refractivity contribution in [2.24, 2.45) is 5.41 Å². The Morgan fingerprint density at radius 1 is 1.27 bits per heavy atom. The molecule has 8 heteroatoms. The van der Waals surface area contributed by atoms with Crippen molar-refractivity contribution in [1.29, 1.82) is 0 Å². The van der Waals surface area contributed by atoms with Crippen molar-refractivity contribution in [2.45, 2.75) is 18.9 Å². The van der Waals surface area contributed by atoms with Crippen LogP contribution in [0.1, 0.15) is 22.5 Å². The van der Waals surface area contributed by atoms with E-state index in [0.29, 0.717) is 18.1 Å². The number of rotatable bonds is 6. The summed E-state index contributed by atoms with van der Waals surface area (Å²) in [4.78, 5) is 32.4. The maximum absolute atomic E-state index is 12.4. The fourth-order valence-corrected chi connectivity index (χ4v) is 3.83. The van der Waals surface area contributed by atoms with Crippen LogP contribution in [-0.4, -0.2) is 72.4 Å². The molecule has 0 saturated carbocycles. The highest BCUT2D eigenvalue weighted by atomic mass is 16.5. The second kappa shape index (κ2) is 8.71. The molecule has 2 N–H and O–H groups in total. The lowest BCUT2D eigenvalue weighted by molar-refractivity contribution is -0.157. The lowest BCUT2D eigenvalue weighted by Gasteiger charge is -2.44. The number of pyridine rings is 1. The molecule has 1 aromatic heterocycles. The van der Waals surface area contributed by atoms with Crippen molar-refractivity contribution >= 4 is 17.7 Å². The Balaban J connectivity index is 1.92. The summed E-state index contributed by atoms with van der Waals surface area (Å²) in [5.41, 5.74) is -0.354. The Kier molecular flexibility index (Phi) is 6.26. The standard InChI is InChI=1S/C22H27N3O5/c1-24(2)20(27)17-8-5-9-19(23-17)25-11-10-18(26)22(14-25,21(28)29)13-15-6-4-7-16(12-15)30-3/h4-9,12,18,26H,10-11,13-14H2,1-3H3,(H,28,29)/t18-,22-/m1/s1. The summed E-state index contributed by atoms with van der Waals surface area (Å²) in [6.07, 6.45) is -0.582. The van der Waals surface area contributed by atoms with Gasteiger partial charge in [-0.25, -0.2) is 4.98 Å². The van der Waals surface area contributed by atoms with Crippen LogP contribution in [0.4, 0.5) is 5.82 Å². The smallest absolute Gasteiger partial charge is 0.314 e. The van der Waals surface area contributed by atoms with Crippen LogP contribution in [-0.2, 0) is 11.2 Å².